The van der Waals surface area contributed by atoms with E-state index >= 15 is 0 Å². The monoisotopic (exact) mass is 788 g/mol. The highest BCUT2D eigenvalue weighted by molar-refractivity contribution is 6.16. The number of allylic oxidation sites excluding steroid dienone is 4. The zero-order chi connectivity index (χ0) is 42.1. The van der Waals surface area contributed by atoms with E-state index in [4.69, 9.17) is 0 Å². The second kappa shape index (κ2) is 16.5. The van der Waals surface area contributed by atoms with Gasteiger partial charge in [0.1, 0.15) is 0 Å². The number of hydrogen-bond donors (Lipinski definition) is 0. The average Bonchev–Trinajstić information content (AvgIpc) is 3.77. The molecule has 1 heterocycles. The van der Waals surface area contributed by atoms with E-state index < -0.39 is 0 Å². The van der Waals surface area contributed by atoms with E-state index in [1.165, 1.54) is 77.5 Å². The lowest BCUT2D eigenvalue weighted by molar-refractivity contribution is 0.660. The maximum absolute atomic E-state index is 2.46. The molecule has 0 saturated heterocycles. The van der Waals surface area contributed by atoms with Crippen LogP contribution in [0.1, 0.15) is 58.2 Å². The van der Waals surface area contributed by atoms with Crippen LogP contribution in [0.25, 0.3) is 66.4 Å². The normalized spacial score (nSPS) is 12.9. The minimum atomic E-state index is -0.125. The van der Waals surface area contributed by atoms with E-state index in [0.29, 0.717) is 0 Å². The molecule has 0 atom stereocenters. The van der Waals surface area contributed by atoms with E-state index in [9.17, 15) is 0 Å². The quantitative estimate of drug-likeness (QED) is 0.139. The fourth-order valence-electron chi connectivity index (χ4n) is 9.38. The van der Waals surface area contributed by atoms with Gasteiger partial charge in [0.25, 0.3) is 0 Å². The van der Waals surface area contributed by atoms with Crippen LogP contribution in [0.3, 0.4) is 0 Å². The number of nitrogens with zero attached hydrogens (tertiary/aromatic N) is 2. The highest BCUT2D eigenvalue weighted by Gasteiger charge is 2.36. The Labute approximate surface area is 361 Å². The Morgan fingerprint density at radius 1 is 0.492 bits per heavy atom. The minimum Gasteiger partial charge on any atom is -0.310 e. The topological polar surface area (TPSA) is 8.17 Å². The molecule has 0 amide bonds. The van der Waals surface area contributed by atoms with Gasteiger partial charge in [-0.05, 0) is 131 Å². The molecule has 0 fully saturated rings. The second-order valence-corrected chi connectivity index (χ2v) is 16.1. The number of rotatable bonds is 8. The summed E-state index contributed by atoms with van der Waals surface area (Å²) in [5.41, 5.74) is 19.3. The van der Waals surface area contributed by atoms with Gasteiger partial charge in [0.15, 0.2) is 0 Å². The summed E-state index contributed by atoms with van der Waals surface area (Å²) in [6.45, 7) is 12.9. The summed E-state index contributed by atoms with van der Waals surface area (Å²) < 4.78 is 2.46. The predicted molar refractivity (Wildman–Crippen MR) is 264 cm³/mol. The van der Waals surface area contributed by atoms with Gasteiger partial charge < -0.3 is 9.47 Å². The van der Waals surface area contributed by atoms with Crippen LogP contribution in [0.15, 0.2) is 206 Å². The molecule has 0 spiro atoms. The van der Waals surface area contributed by atoms with E-state index in [2.05, 4.69) is 243 Å². The van der Waals surface area contributed by atoms with Crippen molar-refractivity contribution < 1.29 is 0 Å². The summed E-state index contributed by atoms with van der Waals surface area (Å²) in [7, 11) is 0. The molecule has 9 aromatic rings. The van der Waals surface area contributed by atoms with Crippen molar-refractivity contribution in [3.05, 3.63) is 223 Å². The van der Waals surface area contributed by atoms with Gasteiger partial charge in [0.2, 0.25) is 0 Å². The van der Waals surface area contributed by atoms with Crippen molar-refractivity contribution in [2.24, 2.45) is 0 Å². The van der Waals surface area contributed by atoms with Crippen molar-refractivity contribution in [2.75, 3.05) is 4.90 Å². The van der Waals surface area contributed by atoms with E-state index in [1.807, 2.05) is 13.8 Å². The Bertz CT molecular complexity index is 3060. The Kier molecular flexibility index (Phi) is 10.6. The molecule has 0 N–H and O–H groups in total. The molecule has 1 aliphatic rings. The lowest BCUT2D eigenvalue weighted by Gasteiger charge is -2.28. The molecule has 0 bridgehead atoms. The van der Waals surface area contributed by atoms with Crippen LogP contribution < -0.4 is 4.90 Å². The molecule has 1 aliphatic carbocycles. The Hall–Kier alpha value is -7.16. The van der Waals surface area contributed by atoms with Gasteiger partial charge in [-0.3, -0.25) is 0 Å². The molecule has 0 unspecified atom stereocenters. The minimum absolute atomic E-state index is 0.125. The largest absolute Gasteiger partial charge is 0.310 e. The van der Waals surface area contributed by atoms with Gasteiger partial charge in [0.05, 0.1) is 11.0 Å². The Morgan fingerprint density at radius 3 is 1.77 bits per heavy atom. The number of para-hydroxylation sites is 1. The first-order valence-corrected chi connectivity index (χ1v) is 21.7. The van der Waals surface area contributed by atoms with Gasteiger partial charge in [-0.25, -0.2) is 0 Å². The fourth-order valence-corrected chi connectivity index (χ4v) is 9.38. The summed E-state index contributed by atoms with van der Waals surface area (Å²) in [4.78, 5) is 2.44. The summed E-state index contributed by atoms with van der Waals surface area (Å²) >= 11 is 0. The molecule has 61 heavy (non-hydrogen) atoms. The van der Waals surface area contributed by atoms with Crippen LogP contribution in [0.5, 0.6) is 0 Å². The number of aromatic nitrogens is 1. The molecule has 10 rings (SSSR count). The molecular weight excluding hydrogens is 737 g/mol. The number of fused-ring (bicyclic) bond motifs is 6. The third-order valence-electron chi connectivity index (χ3n) is 12.3. The van der Waals surface area contributed by atoms with Crippen molar-refractivity contribution in [3.8, 4) is 39.1 Å². The summed E-state index contributed by atoms with van der Waals surface area (Å²) in [6.07, 6.45) is 6.46. The number of anilines is 3. The van der Waals surface area contributed by atoms with Crippen molar-refractivity contribution in [1.29, 1.82) is 0 Å². The maximum Gasteiger partial charge on any atom is 0.0619 e. The standard InChI is InChI=1S/C57H46N2.C2H6/c1-5-18-39(6-2)41-27-29-45(30-28-41)58(47-31-33-49-48-25-16-17-26-53(48)57(3,4)54(49)38-47)46-32-34-55-51(37-46)52-36-43(40-19-10-7-11-20-40)35-50(42-21-12-8-13-22-42)56(52)59(55)44-23-14-9-15-24-44;1-2/h5-38H,1-4H3;1-2H3/b18-5-,39-6+;. The highest BCUT2D eigenvalue weighted by Crippen LogP contribution is 2.51. The molecule has 0 radical (unpaired) electrons. The molecule has 2 heteroatoms. The number of benzene rings is 8. The van der Waals surface area contributed by atoms with Crippen LogP contribution in [-0.2, 0) is 5.41 Å². The van der Waals surface area contributed by atoms with Crippen molar-refractivity contribution in [1.82, 2.24) is 4.57 Å². The molecule has 8 aromatic carbocycles. The lowest BCUT2D eigenvalue weighted by atomic mass is 9.82. The van der Waals surface area contributed by atoms with Gasteiger partial charge in [-0.2, -0.15) is 0 Å². The Balaban J connectivity index is 0.00000235. The highest BCUT2D eigenvalue weighted by atomic mass is 15.1. The average molecular weight is 789 g/mol. The molecule has 2 nitrogen and oxygen atoms in total. The summed E-state index contributed by atoms with van der Waals surface area (Å²) in [5, 5.41) is 2.42. The number of hydrogen-bond acceptors (Lipinski definition) is 1. The van der Waals surface area contributed by atoms with Crippen molar-refractivity contribution >= 4 is 44.4 Å². The zero-order valence-electron chi connectivity index (χ0n) is 36.0. The van der Waals surface area contributed by atoms with E-state index in [1.54, 1.807) is 0 Å². The fraction of sp³-hybridized carbons (Fsp3) is 0.119. The molecule has 0 saturated carbocycles. The second-order valence-electron chi connectivity index (χ2n) is 16.1. The maximum atomic E-state index is 2.46. The van der Waals surface area contributed by atoms with Crippen LogP contribution in [0, 0.1) is 0 Å². The summed E-state index contributed by atoms with van der Waals surface area (Å²) in [6, 6.07) is 69.3. The van der Waals surface area contributed by atoms with Crippen LogP contribution in [0.4, 0.5) is 17.1 Å². The van der Waals surface area contributed by atoms with Gasteiger partial charge in [-0.15, -0.1) is 0 Å². The smallest absolute Gasteiger partial charge is 0.0619 e. The molecule has 1 aromatic heterocycles. The Morgan fingerprint density at radius 2 is 1.08 bits per heavy atom. The first-order chi connectivity index (χ1) is 29.9. The van der Waals surface area contributed by atoms with E-state index in [-0.39, 0.29) is 5.41 Å². The van der Waals surface area contributed by atoms with Gasteiger partial charge in [0, 0.05) is 44.5 Å². The third-order valence-corrected chi connectivity index (χ3v) is 12.3. The van der Waals surface area contributed by atoms with Gasteiger partial charge in [-0.1, -0.05) is 167 Å². The zero-order valence-corrected chi connectivity index (χ0v) is 36.0. The van der Waals surface area contributed by atoms with E-state index in [0.717, 1.165) is 22.7 Å². The van der Waals surface area contributed by atoms with Crippen LogP contribution in [0.2, 0.25) is 0 Å². The first kappa shape index (κ1) is 39.3. The lowest BCUT2D eigenvalue weighted by Crippen LogP contribution is -2.16. The van der Waals surface area contributed by atoms with Crippen molar-refractivity contribution in [2.45, 2.75) is 47.0 Å². The van der Waals surface area contributed by atoms with Gasteiger partial charge >= 0.3 is 0 Å². The summed E-state index contributed by atoms with van der Waals surface area (Å²) in [5.74, 6) is 0. The van der Waals surface area contributed by atoms with Crippen LogP contribution in [-0.4, -0.2) is 4.57 Å². The molecule has 0 aliphatic heterocycles. The molecule has 298 valence electrons. The predicted octanol–water partition coefficient (Wildman–Crippen LogP) is 16.9. The SMILES string of the molecule is C/C=C\C(=C/C)c1ccc(N(c2ccc3c(c2)C(C)(C)c2ccccc2-3)c2ccc3c(c2)c2cc(-c4ccccc4)cc(-c4ccccc4)c2n3-c2ccccc2)cc1.CC. The molecular formula is C59H52N2. The van der Waals surface area contributed by atoms with Crippen molar-refractivity contribution in [3.63, 3.8) is 0 Å². The first-order valence-electron chi connectivity index (χ1n) is 21.7. The third kappa shape index (κ3) is 6.89. The van der Waals surface area contributed by atoms with Crippen LogP contribution >= 0.6 is 0 Å².